The van der Waals surface area contributed by atoms with Crippen LogP contribution < -0.4 is 0 Å². The number of Topliss-reactive ketones (excluding diaryl/α,β-unsaturated/α-hetero) is 1. The Labute approximate surface area is 215 Å². The third kappa shape index (κ3) is 8.10. The van der Waals surface area contributed by atoms with Crippen LogP contribution in [0.4, 0.5) is 0 Å². The molecule has 1 N–H and O–H groups in total. The molecular weight excluding hydrogens is 491 g/mol. The number of aromatic nitrogens is 3. The van der Waals surface area contributed by atoms with Gasteiger partial charge >= 0.3 is 0 Å². The monoisotopic (exact) mass is 520 g/mol. The zero-order valence-electron chi connectivity index (χ0n) is 19.6. The average molecular weight is 522 g/mol. The Morgan fingerprint density at radius 1 is 1.15 bits per heavy atom. The third-order valence-electron chi connectivity index (χ3n) is 5.58. The highest BCUT2D eigenvalue weighted by atomic mass is 35.5. The zero-order chi connectivity index (χ0) is 24.5. The van der Waals surface area contributed by atoms with Crippen LogP contribution in [0.25, 0.3) is 0 Å². The van der Waals surface area contributed by atoms with Gasteiger partial charge in [0.25, 0.3) is 0 Å². The Balaban J connectivity index is 0.000000302. The summed E-state index contributed by atoms with van der Waals surface area (Å²) in [5, 5.41) is 10.4. The molecule has 1 aromatic carbocycles. The van der Waals surface area contributed by atoms with Crippen LogP contribution in [-0.4, -0.2) is 57.0 Å². The Hall–Kier alpha value is -1.90. The van der Waals surface area contributed by atoms with Gasteiger partial charge in [-0.15, -0.1) is 11.3 Å². The van der Waals surface area contributed by atoms with E-state index >= 15 is 0 Å². The second kappa shape index (κ2) is 13.3. The molecule has 0 spiro atoms. The predicted octanol–water partition coefficient (Wildman–Crippen LogP) is 5.34. The summed E-state index contributed by atoms with van der Waals surface area (Å²) in [4.78, 5) is 28.2. The van der Waals surface area contributed by atoms with Gasteiger partial charge < -0.3 is 10.0 Å². The average Bonchev–Trinajstić information content (AvgIpc) is 3.26. The lowest BCUT2D eigenvalue weighted by Crippen LogP contribution is -2.31. The van der Waals surface area contributed by atoms with Crippen molar-refractivity contribution in [2.24, 2.45) is 0 Å². The summed E-state index contributed by atoms with van der Waals surface area (Å²) >= 11 is 13.5. The number of carbonyl (C=O) groups excluding carboxylic acids is 1. The molecule has 1 aliphatic rings. The molecule has 0 amide bonds. The van der Waals surface area contributed by atoms with Gasteiger partial charge in [0.05, 0.1) is 22.2 Å². The summed E-state index contributed by atoms with van der Waals surface area (Å²) in [6, 6.07) is 7.35. The van der Waals surface area contributed by atoms with Gasteiger partial charge in [-0.1, -0.05) is 41.8 Å². The predicted molar refractivity (Wildman–Crippen MR) is 138 cm³/mol. The van der Waals surface area contributed by atoms with Crippen LogP contribution in [0.3, 0.4) is 0 Å². The molecule has 1 fully saturated rings. The molecule has 0 unspecified atom stereocenters. The first-order valence-corrected chi connectivity index (χ1v) is 13.0. The van der Waals surface area contributed by atoms with Gasteiger partial charge in [-0.05, 0) is 63.0 Å². The van der Waals surface area contributed by atoms with Gasteiger partial charge in [0, 0.05) is 30.6 Å². The van der Waals surface area contributed by atoms with Gasteiger partial charge in [-0.3, -0.25) is 4.79 Å². The number of aryl methyl sites for hydroxylation is 2. The molecule has 0 aliphatic carbocycles. The lowest BCUT2D eigenvalue weighted by molar-refractivity contribution is 0.0996. The second-order valence-electron chi connectivity index (χ2n) is 8.29. The summed E-state index contributed by atoms with van der Waals surface area (Å²) in [6.45, 7) is 7.33. The number of piperidine rings is 1. The first-order chi connectivity index (χ1) is 16.4. The van der Waals surface area contributed by atoms with E-state index in [1.165, 1.54) is 43.7 Å². The van der Waals surface area contributed by atoms with Crippen molar-refractivity contribution < 1.29 is 9.90 Å². The number of benzene rings is 1. The Morgan fingerprint density at radius 3 is 2.59 bits per heavy atom. The molecule has 4 rings (SSSR count). The molecule has 182 valence electrons. The van der Waals surface area contributed by atoms with E-state index in [0.717, 1.165) is 28.4 Å². The number of halogens is 2. The second-order valence-corrected chi connectivity index (χ2v) is 10.2. The summed E-state index contributed by atoms with van der Waals surface area (Å²) in [5.41, 5.74) is 2.66. The first-order valence-electron chi connectivity index (χ1n) is 11.4. The maximum atomic E-state index is 12.6. The van der Waals surface area contributed by atoms with Crippen LogP contribution >= 0.6 is 34.5 Å². The summed E-state index contributed by atoms with van der Waals surface area (Å²) in [7, 11) is 0. The Kier molecular flexibility index (Phi) is 10.4. The zero-order valence-corrected chi connectivity index (χ0v) is 21.9. The van der Waals surface area contributed by atoms with Crippen molar-refractivity contribution in [2.75, 3.05) is 26.2 Å². The van der Waals surface area contributed by atoms with Crippen LogP contribution in [0.1, 0.15) is 56.6 Å². The van der Waals surface area contributed by atoms with Crippen LogP contribution in [0.2, 0.25) is 10.2 Å². The van der Waals surface area contributed by atoms with Crippen molar-refractivity contribution in [3.8, 4) is 0 Å². The van der Waals surface area contributed by atoms with Crippen LogP contribution in [0, 0.1) is 13.8 Å². The molecule has 0 bridgehead atoms. The number of β-amino-alcohol motifs (C(OH)–C–C–N with tert-alkyl or cyclic N) is 1. The van der Waals surface area contributed by atoms with Crippen molar-refractivity contribution in [3.63, 3.8) is 0 Å². The third-order valence-corrected chi connectivity index (χ3v) is 7.16. The molecule has 1 saturated heterocycles. The van der Waals surface area contributed by atoms with Gasteiger partial charge in [-0.2, -0.15) is 0 Å². The maximum absolute atomic E-state index is 12.6. The standard InChI is InChI=1S/C18H15Cl2N3OS.C7H15NO/c1-10-4-3-5-14(19)13(10)8-15(24)16-9-21-18(25-16)7-12-6-17(20)23-11(2)22-12;9-7-6-8-4-2-1-3-5-8/h3-6,9H,7-8H2,1-2H3;9H,1-7H2. The van der Waals surface area contributed by atoms with Crippen molar-refractivity contribution in [2.45, 2.75) is 46.0 Å². The largest absolute Gasteiger partial charge is 0.395 e. The Bertz CT molecular complexity index is 1060. The van der Waals surface area contributed by atoms with E-state index in [1.807, 2.05) is 19.1 Å². The van der Waals surface area contributed by atoms with Crippen LogP contribution in [0.5, 0.6) is 0 Å². The highest BCUT2D eigenvalue weighted by Crippen LogP contribution is 2.24. The molecule has 3 heterocycles. The minimum absolute atomic E-state index is 0.0110. The van der Waals surface area contributed by atoms with Gasteiger partial charge in [0.1, 0.15) is 11.0 Å². The van der Waals surface area contributed by atoms with Crippen LogP contribution in [0.15, 0.2) is 30.5 Å². The highest BCUT2D eigenvalue weighted by molar-refractivity contribution is 7.13. The molecule has 3 aromatic rings. The molecule has 34 heavy (non-hydrogen) atoms. The number of hydrogen-bond acceptors (Lipinski definition) is 7. The summed E-state index contributed by atoms with van der Waals surface area (Å²) in [5.74, 6) is 0.626. The van der Waals surface area contributed by atoms with Crippen molar-refractivity contribution in [1.82, 2.24) is 19.9 Å². The van der Waals surface area contributed by atoms with E-state index in [-0.39, 0.29) is 12.2 Å². The molecular formula is C25H30Cl2N4O2S. The summed E-state index contributed by atoms with van der Waals surface area (Å²) in [6.07, 6.45) is 6.42. The quantitative estimate of drug-likeness (QED) is 0.334. The van der Waals surface area contributed by atoms with E-state index in [2.05, 4.69) is 19.9 Å². The lowest BCUT2D eigenvalue weighted by atomic mass is 10.0. The van der Waals surface area contributed by atoms with Crippen molar-refractivity contribution >= 4 is 40.3 Å². The van der Waals surface area contributed by atoms with E-state index < -0.39 is 0 Å². The number of likely N-dealkylation sites (tertiary alicyclic amines) is 1. The van der Waals surface area contributed by atoms with Crippen LogP contribution in [-0.2, 0) is 12.8 Å². The SMILES string of the molecule is Cc1nc(Cl)cc(Cc2ncc(C(=O)Cc3c(C)cccc3Cl)s2)n1.OCCN1CCCCC1. The number of thiazole rings is 1. The van der Waals surface area contributed by atoms with Gasteiger partial charge in [0.2, 0.25) is 0 Å². The number of aliphatic hydroxyl groups excluding tert-OH is 1. The molecule has 1 aliphatic heterocycles. The maximum Gasteiger partial charge on any atom is 0.178 e. The van der Waals surface area contributed by atoms with E-state index in [9.17, 15) is 4.79 Å². The number of rotatable bonds is 7. The van der Waals surface area contributed by atoms with E-state index in [0.29, 0.717) is 33.9 Å². The number of hydrogen-bond donors (Lipinski definition) is 1. The topological polar surface area (TPSA) is 79.2 Å². The minimum Gasteiger partial charge on any atom is -0.395 e. The fourth-order valence-electron chi connectivity index (χ4n) is 3.82. The smallest absolute Gasteiger partial charge is 0.178 e. The summed E-state index contributed by atoms with van der Waals surface area (Å²) < 4.78 is 0. The lowest BCUT2D eigenvalue weighted by Gasteiger charge is -2.25. The molecule has 0 saturated carbocycles. The normalized spacial score (nSPS) is 13.9. The van der Waals surface area contributed by atoms with Crippen molar-refractivity contribution in [3.05, 3.63) is 73.2 Å². The molecule has 9 heteroatoms. The molecule has 6 nitrogen and oxygen atoms in total. The molecule has 0 atom stereocenters. The number of ketones is 1. The van der Waals surface area contributed by atoms with E-state index in [1.54, 1.807) is 25.3 Å². The number of aliphatic hydroxyl groups is 1. The molecule has 2 aromatic heterocycles. The minimum atomic E-state index is 0.0110. The molecule has 0 radical (unpaired) electrons. The van der Waals surface area contributed by atoms with Crippen molar-refractivity contribution in [1.29, 1.82) is 0 Å². The van der Waals surface area contributed by atoms with Gasteiger partial charge in [-0.25, -0.2) is 15.0 Å². The fraction of sp³-hybridized carbons (Fsp3) is 0.440. The fourth-order valence-corrected chi connectivity index (χ4v) is 5.23. The highest BCUT2D eigenvalue weighted by Gasteiger charge is 2.15. The van der Waals surface area contributed by atoms with Gasteiger partial charge in [0.15, 0.2) is 5.78 Å². The first kappa shape index (κ1) is 26.7. The Morgan fingerprint density at radius 2 is 1.91 bits per heavy atom. The van der Waals surface area contributed by atoms with E-state index in [4.69, 9.17) is 28.3 Å². The number of nitrogens with zero attached hydrogens (tertiary/aromatic N) is 4. The number of carbonyl (C=O) groups is 1.